The lowest BCUT2D eigenvalue weighted by molar-refractivity contribution is -0.130. The second-order valence-corrected chi connectivity index (χ2v) is 10.5. The first-order valence-corrected chi connectivity index (χ1v) is 14.4. The minimum absolute atomic E-state index is 0.0160. The lowest BCUT2D eigenvalue weighted by atomic mass is 10.0. The SMILES string of the molecule is C=CC(=O)Oc1cc(F)c(-c2ccc(N(C)c3ccc(N(C)c4ccc(-c5cc(F)c(OC(=O)C=C)cc5F)cc4)cc3)cc2)cc1F. The Hall–Kier alpha value is -6.16. The Bertz CT molecular complexity index is 1870. The van der Waals surface area contributed by atoms with E-state index in [-0.39, 0.29) is 11.1 Å². The molecule has 0 bridgehead atoms. The topological polar surface area (TPSA) is 59.1 Å². The molecule has 0 spiro atoms. The van der Waals surface area contributed by atoms with Crippen molar-refractivity contribution in [2.24, 2.45) is 0 Å². The molecule has 0 aromatic heterocycles. The zero-order valence-electron chi connectivity index (χ0n) is 25.8. The Balaban J connectivity index is 1.27. The molecular weight excluding hydrogens is 624 g/mol. The summed E-state index contributed by atoms with van der Waals surface area (Å²) in [5.74, 6) is -6.09. The Morgan fingerprint density at radius 2 is 0.812 bits per heavy atom. The highest BCUT2D eigenvalue weighted by Gasteiger charge is 2.17. The van der Waals surface area contributed by atoms with Crippen molar-refractivity contribution in [1.82, 2.24) is 0 Å². The Morgan fingerprint density at radius 1 is 0.521 bits per heavy atom. The van der Waals surface area contributed by atoms with Gasteiger partial charge in [0, 0.05) is 72.3 Å². The molecule has 0 saturated heterocycles. The smallest absolute Gasteiger partial charge is 0.335 e. The van der Waals surface area contributed by atoms with Crippen LogP contribution in [-0.4, -0.2) is 26.0 Å². The van der Waals surface area contributed by atoms with E-state index in [0.29, 0.717) is 11.1 Å². The summed E-state index contributed by atoms with van der Waals surface area (Å²) in [5.41, 5.74) is 4.22. The highest BCUT2D eigenvalue weighted by atomic mass is 19.1. The van der Waals surface area contributed by atoms with Crippen LogP contribution in [0.2, 0.25) is 0 Å². The first-order valence-electron chi connectivity index (χ1n) is 14.4. The molecule has 0 atom stereocenters. The van der Waals surface area contributed by atoms with Crippen LogP contribution in [0.4, 0.5) is 40.3 Å². The molecule has 0 aliphatic rings. The predicted molar refractivity (Wildman–Crippen MR) is 178 cm³/mol. The molecule has 5 aromatic rings. The van der Waals surface area contributed by atoms with Crippen LogP contribution in [0.5, 0.6) is 11.5 Å². The van der Waals surface area contributed by atoms with Gasteiger partial charge in [-0.15, -0.1) is 0 Å². The summed E-state index contributed by atoms with van der Waals surface area (Å²) in [7, 11) is 3.74. The van der Waals surface area contributed by atoms with E-state index < -0.39 is 46.7 Å². The Labute approximate surface area is 274 Å². The molecule has 0 amide bonds. The number of rotatable bonds is 10. The molecule has 10 heteroatoms. The number of benzene rings is 5. The van der Waals surface area contributed by atoms with Crippen molar-refractivity contribution in [2.75, 3.05) is 23.9 Å². The third-order valence-electron chi connectivity index (χ3n) is 7.55. The van der Waals surface area contributed by atoms with Crippen LogP contribution < -0.4 is 19.3 Å². The fraction of sp³-hybridized carbons (Fsp3) is 0.0526. The molecule has 0 unspecified atom stereocenters. The van der Waals surface area contributed by atoms with Gasteiger partial charge in [-0.2, -0.15) is 0 Å². The molecule has 0 heterocycles. The molecule has 0 aliphatic heterocycles. The number of carbonyl (C=O) groups is 2. The van der Waals surface area contributed by atoms with Gasteiger partial charge in [0.2, 0.25) is 0 Å². The van der Waals surface area contributed by atoms with E-state index in [2.05, 4.69) is 13.2 Å². The highest BCUT2D eigenvalue weighted by molar-refractivity contribution is 5.84. The molecule has 48 heavy (non-hydrogen) atoms. The summed E-state index contributed by atoms with van der Waals surface area (Å²) in [4.78, 5) is 26.6. The number of hydrogen-bond acceptors (Lipinski definition) is 6. The first kappa shape index (κ1) is 33.2. The molecule has 0 aliphatic carbocycles. The molecule has 0 N–H and O–H groups in total. The van der Waals surface area contributed by atoms with E-state index in [4.69, 9.17) is 9.47 Å². The third-order valence-corrected chi connectivity index (χ3v) is 7.55. The molecule has 0 fully saturated rings. The fourth-order valence-corrected chi connectivity index (χ4v) is 4.88. The van der Waals surface area contributed by atoms with Crippen molar-refractivity contribution in [3.05, 3.63) is 146 Å². The van der Waals surface area contributed by atoms with Crippen molar-refractivity contribution >= 4 is 34.7 Å². The Kier molecular flexibility index (Phi) is 9.75. The third kappa shape index (κ3) is 7.13. The van der Waals surface area contributed by atoms with Gasteiger partial charge in [-0.3, -0.25) is 0 Å². The average molecular weight is 653 g/mol. The number of hydrogen-bond donors (Lipinski definition) is 0. The zero-order chi connectivity index (χ0) is 34.5. The first-order chi connectivity index (χ1) is 23.0. The highest BCUT2D eigenvalue weighted by Crippen LogP contribution is 2.34. The fourth-order valence-electron chi connectivity index (χ4n) is 4.88. The number of esters is 2. The molecular formula is C38H28F4N2O4. The average Bonchev–Trinajstić information content (AvgIpc) is 3.10. The van der Waals surface area contributed by atoms with Crippen molar-refractivity contribution in [2.45, 2.75) is 0 Å². The molecule has 0 radical (unpaired) electrons. The van der Waals surface area contributed by atoms with Crippen molar-refractivity contribution in [3.63, 3.8) is 0 Å². The molecule has 0 saturated carbocycles. The van der Waals surface area contributed by atoms with Gasteiger partial charge in [0.1, 0.15) is 11.6 Å². The van der Waals surface area contributed by atoms with E-state index in [9.17, 15) is 27.2 Å². The quantitative estimate of drug-likeness (QED) is 0.0649. The lowest BCUT2D eigenvalue weighted by Gasteiger charge is -2.23. The maximum absolute atomic E-state index is 14.8. The van der Waals surface area contributed by atoms with Gasteiger partial charge in [0.15, 0.2) is 23.1 Å². The van der Waals surface area contributed by atoms with Crippen LogP contribution in [0, 0.1) is 23.3 Å². The van der Waals surface area contributed by atoms with Crippen molar-refractivity contribution < 1.29 is 36.6 Å². The van der Waals surface area contributed by atoms with Crippen LogP contribution in [0.15, 0.2) is 122 Å². The second-order valence-electron chi connectivity index (χ2n) is 10.5. The number of halogens is 4. The van der Waals surface area contributed by atoms with Gasteiger partial charge in [-0.05, 0) is 71.8 Å². The van der Waals surface area contributed by atoms with Gasteiger partial charge >= 0.3 is 11.9 Å². The number of ether oxygens (including phenoxy) is 2. The number of anilines is 4. The largest absolute Gasteiger partial charge is 0.420 e. The summed E-state index contributed by atoms with van der Waals surface area (Å²) in [6.07, 6.45) is 1.72. The van der Waals surface area contributed by atoms with Crippen molar-refractivity contribution in [1.29, 1.82) is 0 Å². The standard InChI is InChI=1S/C38H28F4N2O4/c1-5-37(45)47-35-21-31(39)29(19-33(35)41)23-7-11-25(12-8-23)43(3)27-15-17-28(18-16-27)44(4)26-13-9-24(10-14-26)30-20-34(42)36(22-32(30)40)48-38(46)6-2/h5-22H,1-2H2,3-4H3. The minimum atomic E-state index is -0.894. The van der Waals surface area contributed by atoms with Crippen LogP contribution in [0.25, 0.3) is 22.3 Å². The van der Waals surface area contributed by atoms with Crippen LogP contribution >= 0.6 is 0 Å². The maximum atomic E-state index is 14.8. The zero-order valence-corrected chi connectivity index (χ0v) is 25.8. The van der Waals surface area contributed by atoms with Gasteiger partial charge in [0.05, 0.1) is 0 Å². The molecule has 242 valence electrons. The van der Waals surface area contributed by atoms with Gasteiger partial charge < -0.3 is 19.3 Å². The number of carbonyl (C=O) groups excluding carboxylic acids is 2. The summed E-state index contributed by atoms with van der Waals surface area (Å²) in [5, 5.41) is 0. The summed E-state index contributed by atoms with van der Waals surface area (Å²) >= 11 is 0. The van der Waals surface area contributed by atoms with E-state index in [1.807, 2.05) is 48.2 Å². The van der Waals surface area contributed by atoms with Crippen LogP contribution in [0.3, 0.4) is 0 Å². The van der Waals surface area contributed by atoms with Crippen LogP contribution in [-0.2, 0) is 9.59 Å². The van der Waals surface area contributed by atoms with E-state index in [1.165, 1.54) is 0 Å². The van der Waals surface area contributed by atoms with Crippen LogP contribution in [0.1, 0.15) is 0 Å². The van der Waals surface area contributed by atoms with Gasteiger partial charge in [-0.25, -0.2) is 27.2 Å². The summed E-state index contributed by atoms with van der Waals surface area (Å²) in [6, 6.07) is 25.0. The lowest BCUT2D eigenvalue weighted by Crippen LogP contribution is -2.11. The van der Waals surface area contributed by atoms with E-state index in [0.717, 1.165) is 59.2 Å². The van der Waals surface area contributed by atoms with E-state index in [1.54, 1.807) is 48.5 Å². The normalized spacial score (nSPS) is 10.6. The van der Waals surface area contributed by atoms with Crippen molar-refractivity contribution in [3.8, 4) is 33.8 Å². The molecule has 6 nitrogen and oxygen atoms in total. The maximum Gasteiger partial charge on any atom is 0.335 e. The van der Waals surface area contributed by atoms with Gasteiger partial charge in [-0.1, -0.05) is 37.4 Å². The Morgan fingerprint density at radius 3 is 1.10 bits per heavy atom. The predicted octanol–water partition coefficient (Wildman–Crippen LogP) is 9.30. The minimum Gasteiger partial charge on any atom is -0.420 e. The number of nitrogens with zero attached hydrogens (tertiary/aromatic N) is 2. The van der Waals surface area contributed by atoms with Gasteiger partial charge in [0.25, 0.3) is 0 Å². The monoisotopic (exact) mass is 652 g/mol. The summed E-state index contributed by atoms with van der Waals surface area (Å²) < 4.78 is 68.0. The molecule has 5 rings (SSSR count). The molecule has 5 aromatic carbocycles. The van der Waals surface area contributed by atoms with E-state index >= 15 is 0 Å². The second kappa shape index (κ2) is 14.1. The summed E-state index contributed by atoms with van der Waals surface area (Å²) in [6.45, 7) is 6.48.